The van der Waals surface area contributed by atoms with Crippen LogP contribution < -0.4 is 5.32 Å². The molecule has 0 aliphatic carbocycles. The second kappa shape index (κ2) is 7.91. The van der Waals surface area contributed by atoms with Gasteiger partial charge in [0.05, 0.1) is 11.9 Å². The molecule has 0 aliphatic heterocycles. The first-order chi connectivity index (χ1) is 11.8. The van der Waals surface area contributed by atoms with Crippen LogP contribution in [0.2, 0.25) is 0 Å². The number of hydrogen-bond acceptors (Lipinski definition) is 5. The van der Waals surface area contributed by atoms with Gasteiger partial charge in [0.25, 0.3) is 5.91 Å². The fourth-order valence-corrected chi connectivity index (χ4v) is 2.34. The van der Waals surface area contributed by atoms with Crippen molar-refractivity contribution in [3.05, 3.63) is 29.3 Å². The van der Waals surface area contributed by atoms with E-state index in [-0.39, 0.29) is 30.0 Å². The molecule has 2 aromatic rings. The van der Waals surface area contributed by atoms with Crippen molar-refractivity contribution < 1.29 is 9.59 Å². The highest BCUT2D eigenvalue weighted by Crippen LogP contribution is 2.06. The maximum absolute atomic E-state index is 12.2. The third kappa shape index (κ3) is 5.13. The van der Waals surface area contributed by atoms with Crippen LogP contribution in [0.3, 0.4) is 0 Å². The van der Waals surface area contributed by atoms with Gasteiger partial charge < -0.3 is 10.2 Å². The summed E-state index contributed by atoms with van der Waals surface area (Å²) in [7, 11) is 3.33. The van der Waals surface area contributed by atoms with Crippen molar-refractivity contribution in [1.29, 1.82) is 0 Å². The molecule has 2 amide bonds. The largest absolute Gasteiger partial charge is 0.350 e. The van der Waals surface area contributed by atoms with Gasteiger partial charge in [-0.25, -0.2) is 4.68 Å². The van der Waals surface area contributed by atoms with Crippen LogP contribution in [-0.4, -0.2) is 62.1 Å². The smallest absolute Gasteiger partial charge is 0.273 e. The van der Waals surface area contributed by atoms with Crippen LogP contribution in [0.15, 0.2) is 12.3 Å². The summed E-state index contributed by atoms with van der Waals surface area (Å²) in [6.07, 6.45) is 1.47. The van der Waals surface area contributed by atoms with E-state index in [1.165, 1.54) is 15.8 Å². The lowest BCUT2D eigenvalue weighted by atomic mass is 10.2. The Labute approximate surface area is 147 Å². The average molecular weight is 347 g/mol. The molecule has 0 aliphatic rings. The molecule has 9 nitrogen and oxygen atoms in total. The minimum Gasteiger partial charge on any atom is -0.350 e. The predicted molar refractivity (Wildman–Crippen MR) is 91.9 cm³/mol. The molecule has 0 saturated carbocycles. The molecule has 9 heteroatoms. The van der Waals surface area contributed by atoms with E-state index < -0.39 is 0 Å². The number of carbonyl (C=O) groups excluding carboxylic acids is 2. The van der Waals surface area contributed by atoms with E-state index in [1.807, 2.05) is 31.5 Å². The lowest BCUT2D eigenvalue weighted by Gasteiger charge is -2.13. The summed E-state index contributed by atoms with van der Waals surface area (Å²) in [5, 5.41) is 14.9. The number of hydrogen-bond donors (Lipinski definition) is 1. The molecular weight excluding hydrogens is 322 g/mol. The molecule has 2 rings (SSSR count). The van der Waals surface area contributed by atoms with Gasteiger partial charge in [0, 0.05) is 32.9 Å². The van der Waals surface area contributed by atoms with Gasteiger partial charge in [-0.1, -0.05) is 12.1 Å². The molecule has 25 heavy (non-hydrogen) atoms. The van der Waals surface area contributed by atoms with Crippen molar-refractivity contribution in [1.82, 2.24) is 35.0 Å². The van der Waals surface area contributed by atoms with Crippen LogP contribution in [0.1, 0.15) is 28.8 Å². The molecule has 0 spiro atoms. The number of nitrogens with zero attached hydrogens (tertiary/aromatic N) is 6. The van der Waals surface area contributed by atoms with Crippen LogP contribution in [-0.2, 0) is 17.9 Å². The Morgan fingerprint density at radius 1 is 1.32 bits per heavy atom. The summed E-state index contributed by atoms with van der Waals surface area (Å²) in [5.74, 6) is -0.202. The summed E-state index contributed by atoms with van der Waals surface area (Å²) < 4.78 is 3.30. The Balaban J connectivity index is 1.84. The van der Waals surface area contributed by atoms with Crippen molar-refractivity contribution in [3.8, 4) is 0 Å². The Hall–Kier alpha value is -2.71. The Morgan fingerprint density at radius 2 is 2.04 bits per heavy atom. The van der Waals surface area contributed by atoms with Crippen molar-refractivity contribution in [2.45, 2.75) is 33.9 Å². The fraction of sp³-hybridized carbons (Fsp3) is 0.562. The van der Waals surface area contributed by atoms with E-state index in [2.05, 4.69) is 20.7 Å². The van der Waals surface area contributed by atoms with Crippen molar-refractivity contribution in [3.63, 3.8) is 0 Å². The standard InChI is InChI=1S/C16H25N7O2/c1-11(8-23-13(3)6-12(2)19-23)7-17-16(25)14-9-22(20-18-14)10-15(24)21(4)5/h6,9,11H,7-8,10H2,1-5H3,(H,17,25). The first-order valence-electron chi connectivity index (χ1n) is 8.15. The SMILES string of the molecule is Cc1cc(C)n(CC(C)CNC(=O)c2cn(CC(=O)N(C)C)nn2)n1. The van der Waals surface area contributed by atoms with E-state index >= 15 is 0 Å². The highest BCUT2D eigenvalue weighted by atomic mass is 16.2. The van der Waals surface area contributed by atoms with E-state index in [1.54, 1.807) is 14.1 Å². The summed E-state index contributed by atoms with van der Waals surface area (Å²) in [6, 6.07) is 2.03. The van der Waals surface area contributed by atoms with Crippen molar-refractivity contribution in [2.75, 3.05) is 20.6 Å². The molecule has 0 bridgehead atoms. The van der Waals surface area contributed by atoms with Gasteiger partial charge in [-0.3, -0.25) is 14.3 Å². The van der Waals surface area contributed by atoms with Gasteiger partial charge in [0.1, 0.15) is 6.54 Å². The molecule has 1 atom stereocenters. The van der Waals surface area contributed by atoms with Crippen molar-refractivity contribution >= 4 is 11.8 Å². The number of likely N-dealkylation sites (N-methyl/N-ethyl adjacent to an activating group) is 1. The molecule has 0 aromatic carbocycles. The van der Waals surface area contributed by atoms with Gasteiger partial charge in [-0.05, 0) is 25.8 Å². The highest BCUT2D eigenvalue weighted by molar-refractivity contribution is 5.91. The highest BCUT2D eigenvalue weighted by Gasteiger charge is 2.14. The maximum Gasteiger partial charge on any atom is 0.273 e. The van der Waals surface area contributed by atoms with Crippen LogP contribution >= 0.6 is 0 Å². The number of nitrogens with one attached hydrogen (secondary N) is 1. The zero-order valence-electron chi connectivity index (χ0n) is 15.4. The number of amides is 2. The lowest BCUT2D eigenvalue weighted by molar-refractivity contribution is -0.129. The number of carbonyl (C=O) groups is 2. The van der Waals surface area contributed by atoms with Crippen LogP contribution in [0, 0.1) is 19.8 Å². The van der Waals surface area contributed by atoms with Gasteiger partial charge >= 0.3 is 0 Å². The topological polar surface area (TPSA) is 97.9 Å². The monoisotopic (exact) mass is 347 g/mol. The normalized spacial score (nSPS) is 12.0. The minimum absolute atomic E-state index is 0.0572. The molecule has 1 unspecified atom stereocenters. The third-order valence-electron chi connectivity index (χ3n) is 3.77. The summed E-state index contributed by atoms with van der Waals surface area (Å²) >= 11 is 0. The number of rotatable bonds is 7. The molecule has 136 valence electrons. The predicted octanol–water partition coefficient (Wildman–Crippen LogP) is 0.246. The zero-order valence-corrected chi connectivity index (χ0v) is 15.4. The van der Waals surface area contributed by atoms with Gasteiger partial charge in [-0.15, -0.1) is 5.10 Å². The minimum atomic E-state index is -0.302. The molecule has 1 N–H and O–H groups in total. The Bertz CT molecular complexity index is 748. The van der Waals surface area contributed by atoms with Crippen LogP contribution in [0.4, 0.5) is 0 Å². The van der Waals surface area contributed by atoms with Crippen LogP contribution in [0.5, 0.6) is 0 Å². The van der Waals surface area contributed by atoms with E-state index in [0.717, 1.165) is 17.9 Å². The molecule has 0 radical (unpaired) electrons. The summed E-state index contributed by atoms with van der Waals surface area (Å²) in [5.41, 5.74) is 2.28. The first-order valence-corrected chi connectivity index (χ1v) is 8.15. The summed E-state index contributed by atoms with van der Waals surface area (Å²) in [6.45, 7) is 7.30. The molecular formula is C16H25N7O2. The van der Waals surface area contributed by atoms with Gasteiger partial charge in [0.2, 0.25) is 5.91 Å². The number of aromatic nitrogens is 5. The van der Waals surface area contributed by atoms with Crippen molar-refractivity contribution in [2.24, 2.45) is 5.92 Å². The summed E-state index contributed by atoms with van der Waals surface area (Å²) in [4.78, 5) is 25.3. The number of aryl methyl sites for hydroxylation is 2. The Kier molecular flexibility index (Phi) is 5.89. The first kappa shape index (κ1) is 18.6. The molecule has 0 fully saturated rings. The quantitative estimate of drug-likeness (QED) is 0.774. The van der Waals surface area contributed by atoms with E-state index in [0.29, 0.717) is 6.54 Å². The third-order valence-corrected chi connectivity index (χ3v) is 3.77. The van der Waals surface area contributed by atoms with E-state index in [9.17, 15) is 9.59 Å². The van der Waals surface area contributed by atoms with Crippen LogP contribution in [0.25, 0.3) is 0 Å². The second-order valence-electron chi connectivity index (χ2n) is 6.51. The fourth-order valence-electron chi connectivity index (χ4n) is 2.34. The lowest BCUT2D eigenvalue weighted by Crippen LogP contribution is -2.30. The van der Waals surface area contributed by atoms with Gasteiger partial charge in [-0.2, -0.15) is 5.10 Å². The molecule has 2 heterocycles. The molecule has 0 saturated heterocycles. The van der Waals surface area contributed by atoms with Gasteiger partial charge in [0.15, 0.2) is 5.69 Å². The van der Waals surface area contributed by atoms with E-state index in [4.69, 9.17) is 0 Å². The average Bonchev–Trinajstić information content (AvgIpc) is 3.11. The zero-order chi connectivity index (χ0) is 18.6. The second-order valence-corrected chi connectivity index (χ2v) is 6.51. The maximum atomic E-state index is 12.2. The Morgan fingerprint density at radius 3 is 2.64 bits per heavy atom. The molecule has 2 aromatic heterocycles.